The number of unbranched alkanes of at least 4 members (excludes halogenated alkanes) is 1. The molecule has 0 saturated heterocycles. The monoisotopic (exact) mass is 613 g/mol. The van der Waals surface area contributed by atoms with E-state index in [0.29, 0.717) is 30.3 Å². The highest BCUT2D eigenvalue weighted by atomic mass is 35.5. The minimum Gasteiger partial charge on any atom is -0.492 e. The van der Waals surface area contributed by atoms with Gasteiger partial charge in [0.15, 0.2) is 0 Å². The normalized spacial score (nSPS) is 11.9. The molecule has 0 aliphatic carbocycles. The molecule has 2 amide bonds. The Labute approximate surface area is 254 Å². The molecule has 1 atom stereocenters. The van der Waals surface area contributed by atoms with Gasteiger partial charge in [0.25, 0.3) is 10.0 Å². The van der Waals surface area contributed by atoms with E-state index in [4.69, 9.17) is 16.3 Å². The zero-order chi connectivity index (χ0) is 30.7. The minimum atomic E-state index is -4.24. The van der Waals surface area contributed by atoms with E-state index in [0.717, 1.165) is 28.3 Å². The number of halogens is 1. The zero-order valence-corrected chi connectivity index (χ0v) is 26.2. The van der Waals surface area contributed by atoms with Gasteiger partial charge in [-0.05, 0) is 68.7 Å². The van der Waals surface area contributed by atoms with Crippen molar-refractivity contribution in [1.82, 2.24) is 10.2 Å². The number of sulfonamides is 1. The number of benzene rings is 3. The number of nitrogens with one attached hydrogen (secondary N) is 1. The van der Waals surface area contributed by atoms with Gasteiger partial charge in [-0.2, -0.15) is 0 Å². The molecule has 0 aromatic heterocycles. The summed E-state index contributed by atoms with van der Waals surface area (Å²) < 4.78 is 35.0. The molecule has 0 spiro atoms. The first-order valence-electron chi connectivity index (χ1n) is 14.2. The number of ether oxygens (including phenoxy) is 1. The smallest absolute Gasteiger partial charge is 0.264 e. The van der Waals surface area contributed by atoms with Crippen LogP contribution >= 0.6 is 11.6 Å². The van der Waals surface area contributed by atoms with Crippen LogP contribution in [0.25, 0.3) is 0 Å². The number of para-hydroxylation sites is 2. The third-order valence-corrected chi connectivity index (χ3v) is 8.83. The number of nitrogens with zero attached hydrogens (tertiary/aromatic N) is 2. The Kier molecular flexibility index (Phi) is 12.2. The molecule has 1 N–H and O–H groups in total. The van der Waals surface area contributed by atoms with Crippen molar-refractivity contribution in [2.24, 2.45) is 0 Å². The number of carbonyl (C=O) groups is 2. The lowest BCUT2D eigenvalue weighted by Crippen LogP contribution is -2.52. The lowest BCUT2D eigenvalue weighted by Gasteiger charge is -2.33. The number of aryl methyl sites for hydroxylation is 1. The summed E-state index contributed by atoms with van der Waals surface area (Å²) in [6, 6.07) is 19.4. The number of hydrogen-bond donors (Lipinski definition) is 1. The first-order chi connectivity index (χ1) is 20.1. The maximum atomic E-state index is 14.2. The average molecular weight is 614 g/mol. The van der Waals surface area contributed by atoms with Crippen molar-refractivity contribution >= 4 is 39.1 Å². The molecule has 42 heavy (non-hydrogen) atoms. The van der Waals surface area contributed by atoms with Crippen LogP contribution < -0.4 is 14.4 Å². The molecule has 0 fully saturated rings. The predicted molar refractivity (Wildman–Crippen MR) is 167 cm³/mol. The second-order valence-electron chi connectivity index (χ2n) is 9.94. The van der Waals surface area contributed by atoms with Gasteiger partial charge >= 0.3 is 0 Å². The number of hydrogen-bond acceptors (Lipinski definition) is 5. The fraction of sp³-hybridized carbons (Fsp3) is 0.375. The summed E-state index contributed by atoms with van der Waals surface area (Å²) in [5.41, 5.74) is 2.11. The van der Waals surface area contributed by atoms with Crippen LogP contribution in [-0.2, 0) is 26.2 Å². The summed E-state index contributed by atoms with van der Waals surface area (Å²) in [4.78, 5) is 29.0. The van der Waals surface area contributed by atoms with Crippen LogP contribution in [0.1, 0.15) is 51.2 Å². The highest BCUT2D eigenvalue weighted by Crippen LogP contribution is 2.33. The molecule has 8 nitrogen and oxygen atoms in total. The van der Waals surface area contributed by atoms with Crippen molar-refractivity contribution in [2.45, 2.75) is 64.4 Å². The van der Waals surface area contributed by atoms with Crippen molar-refractivity contribution in [2.75, 3.05) is 24.0 Å². The van der Waals surface area contributed by atoms with E-state index in [2.05, 4.69) is 5.32 Å². The molecule has 3 aromatic rings. The van der Waals surface area contributed by atoms with Gasteiger partial charge in [-0.1, -0.05) is 73.8 Å². The van der Waals surface area contributed by atoms with Gasteiger partial charge in [0.1, 0.15) is 18.3 Å². The Morgan fingerprint density at radius 2 is 1.62 bits per heavy atom. The third kappa shape index (κ3) is 8.49. The number of amides is 2. The molecule has 0 heterocycles. The Morgan fingerprint density at radius 1 is 0.952 bits per heavy atom. The summed E-state index contributed by atoms with van der Waals surface area (Å²) in [6.45, 7) is 8.04. The van der Waals surface area contributed by atoms with Crippen LogP contribution in [0.2, 0.25) is 5.02 Å². The molecule has 0 bridgehead atoms. The van der Waals surface area contributed by atoms with E-state index in [9.17, 15) is 18.0 Å². The van der Waals surface area contributed by atoms with Crippen LogP contribution in [0.5, 0.6) is 5.75 Å². The topological polar surface area (TPSA) is 96.0 Å². The Hall–Kier alpha value is -3.56. The van der Waals surface area contributed by atoms with E-state index in [-0.39, 0.29) is 23.0 Å². The van der Waals surface area contributed by atoms with Gasteiger partial charge in [0.05, 0.1) is 17.2 Å². The van der Waals surface area contributed by atoms with Crippen LogP contribution in [0.3, 0.4) is 0 Å². The summed E-state index contributed by atoms with van der Waals surface area (Å²) in [5, 5.41) is 3.32. The summed E-state index contributed by atoms with van der Waals surface area (Å²) in [5.74, 6) is -0.468. The first-order valence-corrected chi connectivity index (χ1v) is 16.1. The van der Waals surface area contributed by atoms with Gasteiger partial charge in [-0.25, -0.2) is 8.42 Å². The maximum absolute atomic E-state index is 14.2. The highest BCUT2D eigenvalue weighted by molar-refractivity contribution is 7.92. The van der Waals surface area contributed by atoms with Gasteiger partial charge in [-0.3, -0.25) is 13.9 Å². The van der Waals surface area contributed by atoms with E-state index < -0.39 is 28.5 Å². The van der Waals surface area contributed by atoms with E-state index in [1.807, 2.05) is 45.0 Å². The van der Waals surface area contributed by atoms with Crippen molar-refractivity contribution in [3.8, 4) is 5.75 Å². The quantitative estimate of drug-likeness (QED) is 0.213. The van der Waals surface area contributed by atoms with E-state index >= 15 is 0 Å². The van der Waals surface area contributed by atoms with Gasteiger partial charge in [0, 0.05) is 18.1 Å². The van der Waals surface area contributed by atoms with Gasteiger partial charge < -0.3 is 15.0 Å². The van der Waals surface area contributed by atoms with Crippen molar-refractivity contribution in [1.29, 1.82) is 0 Å². The standard InChI is InChI=1S/C32H40ClN3O5S/c1-5-8-21-34-32(38)28(6-2)35(22-25-15-13-24(4)14-16-25)31(37)23-36(29-11-9-10-12-30(29)41-7-3)42(39,40)27-19-17-26(33)18-20-27/h9-20,28H,5-8,21-23H2,1-4H3,(H,34,38)/t28-/m0/s1. The zero-order valence-electron chi connectivity index (χ0n) is 24.7. The maximum Gasteiger partial charge on any atom is 0.264 e. The van der Waals surface area contributed by atoms with Gasteiger partial charge in [-0.15, -0.1) is 0 Å². The summed E-state index contributed by atoms with van der Waals surface area (Å²) >= 11 is 6.04. The molecule has 0 radical (unpaired) electrons. The molecule has 226 valence electrons. The molecule has 0 saturated carbocycles. The average Bonchev–Trinajstić information content (AvgIpc) is 2.97. The van der Waals surface area contributed by atoms with Crippen LogP contribution in [0, 0.1) is 6.92 Å². The molecule has 0 unspecified atom stereocenters. The molecule has 3 aromatic carbocycles. The van der Waals surface area contributed by atoms with Crippen molar-refractivity contribution in [3.05, 3.63) is 88.9 Å². The fourth-order valence-corrected chi connectivity index (χ4v) is 6.05. The van der Waals surface area contributed by atoms with Crippen LogP contribution in [-0.4, -0.2) is 50.9 Å². The van der Waals surface area contributed by atoms with Crippen molar-refractivity contribution in [3.63, 3.8) is 0 Å². The van der Waals surface area contributed by atoms with Gasteiger partial charge in [0.2, 0.25) is 11.8 Å². The molecule has 0 aliphatic heterocycles. The SMILES string of the molecule is CCCCNC(=O)[C@H](CC)N(Cc1ccc(C)cc1)C(=O)CN(c1ccccc1OCC)S(=O)(=O)c1ccc(Cl)cc1. The lowest BCUT2D eigenvalue weighted by molar-refractivity contribution is -0.140. The summed E-state index contributed by atoms with van der Waals surface area (Å²) in [6.07, 6.45) is 2.09. The molecule has 3 rings (SSSR count). The second kappa shape index (κ2) is 15.6. The minimum absolute atomic E-state index is 0.0274. The molecule has 0 aliphatic rings. The fourth-order valence-electron chi connectivity index (χ4n) is 4.50. The highest BCUT2D eigenvalue weighted by Gasteiger charge is 2.34. The Morgan fingerprint density at radius 3 is 2.24 bits per heavy atom. The Balaban J connectivity index is 2.08. The lowest BCUT2D eigenvalue weighted by atomic mass is 10.1. The van der Waals surface area contributed by atoms with Crippen LogP contribution in [0.15, 0.2) is 77.7 Å². The van der Waals surface area contributed by atoms with Crippen molar-refractivity contribution < 1.29 is 22.7 Å². The molecule has 10 heteroatoms. The first kappa shape index (κ1) is 32.9. The number of anilines is 1. The van der Waals surface area contributed by atoms with E-state index in [1.54, 1.807) is 31.2 Å². The van der Waals surface area contributed by atoms with E-state index in [1.165, 1.54) is 29.2 Å². The Bertz CT molecular complexity index is 1430. The number of rotatable bonds is 15. The number of carbonyl (C=O) groups excluding carboxylic acids is 2. The second-order valence-corrected chi connectivity index (χ2v) is 12.2. The predicted octanol–water partition coefficient (Wildman–Crippen LogP) is 5.97. The summed E-state index contributed by atoms with van der Waals surface area (Å²) in [7, 11) is -4.24. The molecular weight excluding hydrogens is 574 g/mol. The third-order valence-electron chi connectivity index (χ3n) is 6.80. The largest absolute Gasteiger partial charge is 0.492 e. The van der Waals surface area contributed by atoms with Crippen LogP contribution in [0.4, 0.5) is 5.69 Å². The molecular formula is C32H40ClN3O5S.